The van der Waals surface area contributed by atoms with Gasteiger partial charge in [-0.05, 0) is 61.1 Å². The number of ether oxygens (including phenoxy) is 3. The molecule has 2 heterocycles. The number of ketones is 1. The van der Waals surface area contributed by atoms with E-state index in [-0.39, 0.29) is 18.5 Å². The highest BCUT2D eigenvalue weighted by Gasteiger charge is 2.41. The summed E-state index contributed by atoms with van der Waals surface area (Å²) in [6, 6.07) is 13.2. The van der Waals surface area contributed by atoms with Crippen molar-refractivity contribution in [2.75, 3.05) is 13.4 Å². The molecule has 2 aliphatic heterocycles. The first-order valence-corrected chi connectivity index (χ1v) is 11.9. The molecule has 0 bridgehead atoms. The molecule has 0 fully saturated rings. The van der Waals surface area contributed by atoms with Crippen LogP contribution in [0.15, 0.2) is 65.0 Å². The number of dihydropyridines is 1. The quantitative estimate of drug-likeness (QED) is 0.580. The molecule has 0 aromatic heterocycles. The average molecular weight is 480 g/mol. The fourth-order valence-corrected chi connectivity index (χ4v) is 5.10. The molecule has 176 valence electrons. The van der Waals surface area contributed by atoms with Crippen LogP contribution in [0.3, 0.4) is 0 Å². The van der Waals surface area contributed by atoms with Gasteiger partial charge < -0.3 is 19.5 Å². The lowest BCUT2D eigenvalue weighted by atomic mass is 9.71. The second-order valence-corrected chi connectivity index (χ2v) is 9.25. The molecule has 5 rings (SSSR count). The molecule has 2 aromatic carbocycles. The maximum Gasteiger partial charge on any atom is 0.336 e. The Hall–Kier alpha value is -3.25. The summed E-state index contributed by atoms with van der Waals surface area (Å²) in [5, 5.41) is 4.04. The molecule has 0 unspecified atom stereocenters. The second-order valence-electron chi connectivity index (χ2n) is 8.82. The van der Waals surface area contributed by atoms with Gasteiger partial charge >= 0.3 is 5.97 Å². The predicted molar refractivity (Wildman–Crippen MR) is 128 cm³/mol. The summed E-state index contributed by atoms with van der Waals surface area (Å²) in [7, 11) is 0. The Morgan fingerprint density at radius 2 is 1.82 bits per heavy atom. The average Bonchev–Trinajstić information content (AvgIpc) is 3.30. The van der Waals surface area contributed by atoms with Crippen LogP contribution in [0.5, 0.6) is 11.5 Å². The van der Waals surface area contributed by atoms with Crippen LogP contribution in [0.1, 0.15) is 56.1 Å². The number of esters is 1. The molecule has 2 aromatic rings. The topological polar surface area (TPSA) is 73.9 Å². The van der Waals surface area contributed by atoms with Gasteiger partial charge in [0.1, 0.15) is 0 Å². The Morgan fingerprint density at radius 3 is 2.59 bits per heavy atom. The van der Waals surface area contributed by atoms with Gasteiger partial charge in [-0.1, -0.05) is 36.7 Å². The van der Waals surface area contributed by atoms with Crippen molar-refractivity contribution in [1.29, 1.82) is 0 Å². The zero-order chi connectivity index (χ0) is 23.8. The van der Waals surface area contributed by atoms with Gasteiger partial charge in [0.15, 0.2) is 17.3 Å². The molecule has 7 heteroatoms. The fourth-order valence-electron chi connectivity index (χ4n) is 4.98. The Labute approximate surface area is 203 Å². The number of halogens is 1. The van der Waals surface area contributed by atoms with Gasteiger partial charge in [0.2, 0.25) is 6.79 Å². The Bertz CT molecular complexity index is 1210. The highest BCUT2D eigenvalue weighted by atomic mass is 35.5. The first-order valence-electron chi connectivity index (χ1n) is 11.5. The van der Waals surface area contributed by atoms with E-state index < -0.39 is 11.9 Å². The summed E-state index contributed by atoms with van der Waals surface area (Å²) >= 11 is 6.06. The maximum absolute atomic E-state index is 13.6. The minimum absolute atomic E-state index is 0.0182. The van der Waals surface area contributed by atoms with E-state index in [0.717, 1.165) is 23.2 Å². The van der Waals surface area contributed by atoms with E-state index in [4.69, 9.17) is 25.8 Å². The highest BCUT2D eigenvalue weighted by molar-refractivity contribution is 6.30. The van der Waals surface area contributed by atoms with Crippen molar-refractivity contribution in [3.05, 3.63) is 81.2 Å². The van der Waals surface area contributed by atoms with Crippen molar-refractivity contribution in [2.45, 2.75) is 44.9 Å². The summed E-state index contributed by atoms with van der Waals surface area (Å²) in [4.78, 5) is 26.8. The SMILES string of the molecule is CCCOC(=O)C1=C(C)NC2=C(C(=O)C[C@H](c3ccc(Cl)cc3)C2)[C@@H]1c1ccc2c(c1)OCO2. The van der Waals surface area contributed by atoms with Gasteiger partial charge in [-0.25, -0.2) is 4.79 Å². The van der Waals surface area contributed by atoms with Gasteiger partial charge in [0, 0.05) is 34.3 Å². The summed E-state index contributed by atoms with van der Waals surface area (Å²) < 4.78 is 16.6. The molecular formula is C27H26ClNO5. The molecular weight excluding hydrogens is 454 g/mol. The normalized spacial score (nSPS) is 21.3. The largest absolute Gasteiger partial charge is 0.462 e. The molecule has 1 aliphatic carbocycles. The smallest absolute Gasteiger partial charge is 0.336 e. The lowest BCUT2D eigenvalue weighted by Gasteiger charge is -2.36. The van der Waals surface area contributed by atoms with Crippen LogP contribution in [0, 0.1) is 0 Å². The van der Waals surface area contributed by atoms with Crippen molar-refractivity contribution in [2.24, 2.45) is 0 Å². The van der Waals surface area contributed by atoms with Gasteiger partial charge in [-0.3, -0.25) is 4.79 Å². The van der Waals surface area contributed by atoms with E-state index in [2.05, 4.69) is 5.32 Å². The molecule has 0 amide bonds. The third kappa shape index (κ3) is 4.07. The molecule has 0 saturated heterocycles. The molecule has 0 saturated carbocycles. The number of hydrogen-bond acceptors (Lipinski definition) is 6. The van der Waals surface area contributed by atoms with E-state index in [0.29, 0.717) is 52.8 Å². The van der Waals surface area contributed by atoms with Crippen LogP contribution < -0.4 is 14.8 Å². The van der Waals surface area contributed by atoms with Gasteiger partial charge in [0.05, 0.1) is 12.2 Å². The highest BCUT2D eigenvalue weighted by Crippen LogP contribution is 2.47. The number of carbonyl (C=O) groups is 2. The third-order valence-corrected chi connectivity index (χ3v) is 6.81. The zero-order valence-electron chi connectivity index (χ0n) is 19.2. The van der Waals surface area contributed by atoms with Crippen LogP contribution in [0.4, 0.5) is 0 Å². The Morgan fingerprint density at radius 1 is 1.09 bits per heavy atom. The van der Waals surface area contributed by atoms with E-state index in [1.165, 1.54) is 0 Å². The van der Waals surface area contributed by atoms with Crippen molar-refractivity contribution >= 4 is 23.4 Å². The fraction of sp³-hybridized carbons (Fsp3) is 0.333. The van der Waals surface area contributed by atoms with Crippen molar-refractivity contribution in [3.8, 4) is 11.5 Å². The molecule has 3 aliphatic rings. The number of hydrogen-bond donors (Lipinski definition) is 1. The van der Waals surface area contributed by atoms with E-state index in [9.17, 15) is 9.59 Å². The van der Waals surface area contributed by atoms with Crippen LogP contribution in [-0.2, 0) is 14.3 Å². The van der Waals surface area contributed by atoms with E-state index >= 15 is 0 Å². The molecule has 1 N–H and O–H groups in total. The number of rotatable bonds is 5. The Balaban J connectivity index is 1.57. The lowest BCUT2D eigenvalue weighted by Crippen LogP contribution is -2.36. The molecule has 6 nitrogen and oxygen atoms in total. The standard InChI is InChI=1S/C27H26ClNO5/c1-3-10-32-27(31)24-15(2)29-20-11-18(16-4-7-19(28)8-5-16)12-21(30)26(20)25(24)17-6-9-22-23(13-17)34-14-33-22/h4-9,13,18,25,29H,3,10-12,14H2,1-2H3/t18-,25-/m1/s1. The summed E-state index contributed by atoms with van der Waals surface area (Å²) in [6.07, 6.45) is 1.74. The molecule has 2 atom stereocenters. The first-order chi connectivity index (χ1) is 16.5. The van der Waals surface area contributed by atoms with Gasteiger partial charge in [-0.15, -0.1) is 0 Å². The molecule has 34 heavy (non-hydrogen) atoms. The van der Waals surface area contributed by atoms with Crippen molar-refractivity contribution in [3.63, 3.8) is 0 Å². The molecule has 0 radical (unpaired) electrons. The van der Waals surface area contributed by atoms with Crippen LogP contribution in [0.2, 0.25) is 5.02 Å². The van der Waals surface area contributed by atoms with E-state index in [1.807, 2.05) is 56.3 Å². The summed E-state index contributed by atoms with van der Waals surface area (Å²) in [5.74, 6) is 0.377. The number of allylic oxidation sites excluding steroid dienone is 3. The Kier molecular flexibility index (Phi) is 6.09. The number of fused-ring (bicyclic) bond motifs is 1. The zero-order valence-corrected chi connectivity index (χ0v) is 19.9. The minimum atomic E-state index is -0.534. The maximum atomic E-state index is 13.6. The van der Waals surface area contributed by atoms with E-state index in [1.54, 1.807) is 0 Å². The number of Topliss-reactive ketones (excluding diaryl/α,β-unsaturated/α-hetero) is 1. The van der Waals surface area contributed by atoms with Gasteiger partial charge in [-0.2, -0.15) is 0 Å². The summed E-state index contributed by atoms with van der Waals surface area (Å²) in [6.45, 7) is 4.29. The third-order valence-electron chi connectivity index (χ3n) is 6.56. The minimum Gasteiger partial charge on any atom is -0.462 e. The van der Waals surface area contributed by atoms with Crippen LogP contribution in [-0.4, -0.2) is 25.2 Å². The van der Waals surface area contributed by atoms with Crippen LogP contribution in [0.25, 0.3) is 0 Å². The van der Waals surface area contributed by atoms with Crippen molar-refractivity contribution < 1.29 is 23.8 Å². The number of benzene rings is 2. The molecule has 0 spiro atoms. The number of nitrogens with one attached hydrogen (secondary N) is 1. The lowest BCUT2D eigenvalue weighted by molar-refractivity contribution is -0.139. The van der Waals surface area contributed by atoms with Gasteiger partial charge in [0.25, 0.3) is 0 Å². The van der Waals surface area contributed by atoms with Crippen molar-refractivity contribution in [1.82, 2.24) is 5.32 Å². The monoisotopic (exact) mass is 479 g/mol. The number of carbonyl (C=O) groups excluding carboxylic acids is 2. The predicted octanol–water partition coefficient (Wildman–Crippen LogP) is 5.38. The second kappa shape index (κ2) is 9.18. The summed E-state index contributed by atoms with van der Waals surface area (Å²) in [5.41, 5.74) is 4.51. The first kappa shape index (κ1) is 22.5. The van der Waals surface area contributed by atoms with Crippen LogP contribution >= 0.6 is 11.6 Å².